The summed E-state index contributed by atoms with van der Waals surface area (Å²) in [6.45, 7) is 4.31. The highest BCUT2D eigenvalue weighted by Gasteiger charge is 2.08. The molecule has 0 fully saturated rings. The van der Waals surface area contributed by atoms with E-state index >= 15 is 0 Å². The predicted octanol–water partition coefficient (Wildman–Crippen LogP) is 2.87. The van der Waals surface area contributed by atoms with Crippen molar-refractivity contribution >= 4 is 16.9 Å². The van der Waals surface area contributed by atoms with Crippen LogP contribution in [0.2, 0.25) is 0 Å². The molecule has 0 unspecified atom stereocenters. The van der Waals surface area contributed by atoms with Crippen molar-refractivity contribution < 1.29 is 0 Å². The monoisotopic (exact) mass is 279 g/mol. The first-order valence-electron chi connectivity index (χ1n) is 6.96. The lowest BCUT2D eigenvalue weighted by atomic mass is 10.1. The van der Waals surface area contributed by atoms with Crippen LogP contribution in [0, 0.1) is 5.92 Å². The standard InChI is InChI=1S/C16H17N5/c1-10(2)7-12-9-15(17)21-16(20-12)11-3-4-13-14(8-11)19-6-5-18-13/h3-6,8-10H,7H2,1-2H3,(H2,17,20,21). The van der Waals surface area contributed by atoms with E-state index in [9.17, 15) is 0 Å². The number of nitrogens with two attached hydrogens (primary N) is 1. The number of nitrogens with zero attached hydrogens (tertiary/aromatic N) is 4. The molecular weight excluding hydrogens is 262 g/mol. The quantitative estimate of drug-likeness (QED) is 0.797. The molecule has 3 rings (SSSR count). The van der Waals surface area contributed by atoms with Crippen molar-refractivity contribution in [2.45, 2.75) is 20.3 Å². The second-order valence-corrected chi connectivity index (χ2v) is 5.47. The van der Waals surface area contributed by atoms with E-state index in [-0.39, 0.29) is 0 Å². The molecule has 2 heterocycles. The molecule has 0 amide bonds. The molecule has 0 bridgehead atoms. The fourth-order valence-corrected chi connectivity index (χ4v) is 2.27. The van der Waals surface area contributed by atoms with Crippen LogP contribution in [-0.4, -0.2) is 19.9 Å². The van der Waals surface area contributed by atoms with Gasteiger partial charge in [-0.2, -0.15) is 0 Å². The van der Waals surface area contributed by atoms with Gasteiger partial charge in [-0.05, 0) is 30.5 Å². The van der Waals surface area contributed by atoms with E-state index in [2.05, 4.69) is 33.8 Å². The summed E-state index contributed by atoms with van der Waals surface area (Å²) in [6, 6.07) is 7.65. The lowest BCUT2D eigenvalue weighted by Crippen LogP contribution is -2.03. The molecule has 5 heteroatoms. The third-order valence-corrected chi connectivity index (χ3v) is 3.14. The van der Waals surface area contributed by atoms with Crippen LogP contribution in [0.3, 0.4) is 0 Å². The minimum absolute atomic E-state index is 0.495. The zero-order chi connectivity index (χ0) is 14.8. The third kappa shape index (κ3) is 2.97. The molecular formula is C16H17N5. The fourth-order valence-electron chi connectivity index (χ4n) is 2.27. The number of hydrogen-bond donors (Lipinski definition) is 1. The fraction of sp³-hybridized carbons (Fsp3) is 0.250. The van der Waals surface area contributed by atoms with Crippen molar-refractivity contribution in [3.05, 3.63) is 42.4 Å². The van der Waals surface area contributed by atoms with Crippen LogP contribution in [0.5, 0.6) is 0 Å². The smallest absolute Gasteiger partial charge is 0.161 e. The van der Waals surface area contributed by atoms with Crippen molar-refractivity contribution in [3.8, 4) is 11.4 Å². The average Bonchev–Trinajstić information content (AvgIpc) is 2.45. The Labute approximate surface area is 123 Å². The maximum Gasteiger partial charge on any atom is 0.161 e. The Balaban J connectivity index is 2.06. The Morgan fingerprint density at radius 1 is 1.00 bits per heavy atom. The number of aromatic nitrogens is 4. The summed E-state index contributed by atoms with van der Waals surface area (Å²) in [6.07, 6.45) is 4.24. The van der Waals surface area contributed by atoms with E-state index in [1.165, 1.54) is 0 Å². The summed E-state index contributed by atoms with van der Waals surface area (Å²) in [5.74, 6) is 1.66. The molecule has 0 saturated heterocycles. The molecule has 2 aromatic heterocycles. The van der Waals surface area contributed by atoms with E-state index < -0.39 is 0 Å². The summed E-state index contributed by atoms with van der Waals surface area (Å²) < 4.78 is 0. The first kappa shape index (κ1) is 13.4. The highest BCUT2D eigenvalue weighted by atomic mass is 14.9. The molecule has 0 atom stereocenters. The van der Waals surface area contributed by atoms with Crippen LogP contribution < -0.4 is 5.73 Å². The minimum Gasteiger partial charge on any atom is -0.384 e. The minimum atomic E-state index is 0.495. The molecule has 0 saturated carbocycles. The molecule has 0 spiro atoms. The van der Waals surface area contributed by atoms with Crippen molar-refractivity contribution in [1.29, 1.82) is 0 Å². The van der Waals surface area contributed by atoms with Gasteiger partial charge in [0.2, 0.25) is 0 Å². The molecule has 0 aliphatic carbocycles. The largest absolute Gasteiger partial charge is 0.384 e. The van der Waals surface area contributed by atoms with E-state index in [1.54, 1.807) is 12.4 Å². The van der Waals surface area contributed by atoms with Gasteiger partial charge >= 0.3 is 0 Å². The summed E-state index contributed by atoms with van der Waals surface area (Å²) in [7, 11) is 0. The van der Waals surface area contributed by atoms with Crippen molar-refractivity contribution in [2.75, 3.05) is 5.73 Å². The van der Waals surface area contributed by atoms with Gasteiger partial charge in [0.1, 0.15) is 5.82 Å². The zero-order valence-corrected chi connectivity index (χ0v) is 12.1. The number of fused-ring (bicyclic) bond motifs is 1. The topological polar surface area (TPSA) is 77.6 Å². The van der Waals surface area contributed by atoms with Crippen LogP contribution in [-0.2, 0) is 6.42 Å². The van der Waals surface area contributed by atoms with Gasteiger partial charge in [-0.1, -0.05) is 13.8 Å². The molecule has 3 aromatic rings. The van der Waals surface area contributed by atoms with Crippen molar-refractivity contribution in [1.82, 2.24) is 19.9 Å². The molecule has 0 radical (unpaired) electrons. The first-order chi connectivity index (χ1) is 10.1. The van der Waals surface area contributed by atoms with Gasteiger partial charge in [0, 0.05) is 29.7 Å². The molecule has 106 valence electrons. The zero-order valence-electron chi connectivity index (χ0n) is 12.1. The van der Waals surface area contributed by atoms with Crippen LogP contribution in [0.4, 0.5) is 5.82 Å². The summed E-state index contributed by atoms with van der Waals surface area (Å²) >= 11 is 0. The van der Waals surface area contributed by atoms with Gasteiger partial charge in [0.05, 0.1) is 11.0 Å². The first-order valence-corrected chi connectivity index (χ1v) is 6.96. The number of benzene rings is 1. The molecule has 0 aliphatic rings. The van der Waals surface area contributed by atoms with Gasteiger partial charge < -0.3 is 5.73 Å². The molecule has 21 heavy (non-hydrogen) atoms. The van der Waals surface area contributed by atoms with Crippen molar-refractivity contribution in [2.24, 2.45) is 5.92 Å². The third-order valence-electron chi connectivity index (χ3n) is 3.14. The normalized spacial score (nSPS) is 11.2. The summed E-state index contributed by atoms with van der Waals surface area (Å²) in [4.78, 5) is 17.5. The van der Waals surface area contributed by atoms with E-state index in [0.717, 1.165) is 28.7 Å². The second-order valence-electron chi connectivity index (χ2n) is 5.47. The lowest BCUT2D eigenvalue weighted by molar-refractivity contribution is 0.635. The molecule has 0 aliphatic heterocycles. The van der Waals surface area contributed by atoms with Crippen LogP contribution in [0.25, 0.3) is 22.4 Å². The van der Waals surface area contributed by atoms with Crippen LogP contribution in [0.15, 0.2) is 36.7 Å². The number of rotatable bonds is 3. The Hall–Kier alpha value is -2.56. The Kier molecular flexibility index (Phi) is 3.48. The van der Waals surface area contributed by atoms with Gasteiger partial charge in [-0.15, -0.1) is 0 Å². The number of anilines is 1. The highest BCUT2D eigenvalue weighted by Crippen LogP contribution is 2.21. The van der Waals surface area contributed by atoms with E-state index in [1.807, 2.05) is 24.3 Å². The average molecular weight is 279 g/mol. The number of nitrogen functional groups attached to an aromatic ring is 1. The van der Waals surface area contributed by atoms with Gasteiger partial charge in [0.25, 0.3) is 0 Å². The van der Waals surface area contributed by atoms with Gasteiger partial charge in [0.15, 0.2) is 5.82 Å². The maximum absolute atomic E-state index is 5.91. The van der Waals surface area contributed by atoms with Gasteiger partial charge in [-0.25, -0.2) is 9.97 Å². The highest BCUT2D eigenvalue weighted by molar-refractivity contribution is 5.79. The van der Waals surface area contributed by atoms with Crippen molar-refractivity contribution in [3.63, 3.8) is 0 Å². The van der Waals surface area contributed by atoms with E-state index in [0.29, 0.717) is 17.6 Å². The summed E-state index contributed by atoms with van der Waals surface area (Å²) in [5, 5.41) is 0. The lowest BCUT2D eigenvalue weighted by Gasteiger charge is -2.08. The van der Waals surface area contributed by atoms with E-state index in [4.69, 9.17) is 5.73 Å². The second kappa shape index (κ2) is 5.44. The number of hydrogen-bond acceptors (Lipinski definition) is 5. The van der Waals surface area contributed by atoms with Crippen LogP contribution in [0.1, 0.15) is 19.5 Å². The predicted molar refractivity (Wildman–Crippen MR) is 83.5 cm³/mol. The Morgan fingerprint density at radius 3 is 2.52 bits per heavy atom. The molecule has 1 aromatic carbocycles. The van der Waals surface area contributed by atoms with Crippen LogP contribution >= 0.6 is 0 Å². The summed E-state index contributed by atoms with van der Waals surface area (Å²) in [5.41, 5.74) is 9.45. The van der Waals surface area contributed by atoms with Gasteiger partial charge in [-0.3, -0.25) is 9.97 Å². The maximum atomic E-state index is 5.91. The molecule has 5 nitrogen and oxygen atoms in total. The SMILES string of the molecule is CC(C)Cc1cc(N)nc(-c2ccc3nccnc3c2)n1. The Bertz CT molecular complexity index is 782. The Morgan fingerprint density at radius 2 is 1.76 bits per heavy atom. The molecule has 2 N–H and O–H groups in total.